The first kappa shape index (κ1) is 15.0. The Labute approximate surface area is 139 Å². The Morgan fingerprint density at radius 2 is 1.88 bits per heavy atom. The number of benzene rings is 2. The number of fused-ring (bicyclic) bond motifs is 1. The van der Waals surface area contributed by atoms with Crippen molar-refractivity contribution in [3.05, 3.63) is 54.1 Å². The standard InChI is InChI=1S/C19H17F2N3/c1-12-9-10-24(11-12)19-22-16-8-3-2-5-13(16)18(23-19)14-6-4-7-15(20)17(14)21/h2-8,12H,9-11H2,1H3. The highest BCUT2D eigenvalue weighted by Crippen LogP contribution is 2.32. The quantitative estimate of drug-likeness (QED) is 0.698. The maximum absolute atomic E-state index is 14.3. The summed E-state index contributed by atoms with van der Waals surface area (Å²) < 4.78 is 28.0. The molecule has 1 aromatic heterocycles. The van der Waals surface area contributed by atoms with Crippen LogP contribution in [0.4, 0.5) is 14.7 Å². The van der Waals surface area contributed by atoms with Crippen molar-refractivity contribution in [2.45, 2.75) is 13.3 Å². The Balaban J connectivity index is 1.94. The van der Waals surface area contributed by atoms with Crippen molar-refractivity contribution in [1.29, 1.82) is 0 Å². The highest BCUT2D eigenvalue weighted by Gasteiger charge is 2.23. The normalized spacial score (nSPS) is 17.6. The van der Waals surface area contributed by atoms with Gasteiger partial charge in [0.15, 0.2) is 11.6 Å². The molecule has 2 heterocycles. The number of halogens is 2. The molecule has 3 nitrogen and oxygen atoms in total. The van der Waals surface area contributed by atoms with Crippen LogP contribution in [0.3, 0.4) is 0 Å². The van der Waals surface area contributed by atoms with Crippen LogP contribution < -0.4 is 4.90 Å². The molecule has 0 spiro atoms. The molecule has 1 aliphatic heterocycles. The Bertz CT molecular complexity index is 910. The summed E-state index contributed by atoms with van der Waals surface area (Å²) >= 11 is 0. The zero-order valence-corrected chi connectivity index (χ0v) is 13.3. The van der Waals surface area contributed by atoms with E-state index in [9.17, 15) is 8.78 Å². The van der Waals surface area contributed by atoms with Crippen molar-refractivity contribution in [2.24, 2.45) is 5.92 Å². The molecule has 0 radical (unpaired) electrons. The molecule has 0 bridgehead atoms. The van der Waals surface area contributed by atoms with Crippen molar-refractivity contribution < 1.29 is 8.78 Å². The second kappa shape index (κ2) is 5.82. The van der Waals surface area contributed by atoms with Gasteiger partial charge in [0.2, 0.25) is 5.95 Å². The number of nitrogens with zero attached hydrogens (tertiary/aromatic N) is 3. The summed E-state index contributed by atoms with van der Waals surface area (Å²) in [6.45, 7) is 3.95. The Morgan fingerprint density at radius 3 is 2.67 bits per heavy atom. The molecule has 1 unspecified atom stereocenters. The monoisotopic (exact) mass is 325 g/mol. The van der Waals surface area contributed by atoms with Gasteiger partial charge in [-0.1, -0.05) is 31.2 Å². The molecule has 4 rings (SSSR count). The molecular formula is C19H17F2N3. The van der Waals surface area contributed by atoms with Gasteiger partial charge in [0.25, 0.3) is 0 Å². The molecule has 0 aliphatic carbocycles. The van der Waals surface area contributed by atoms with Crippen molar-refractivity contribution in [3.63, 3.8) is 0 Å². The van der Waals surface area contributed by atoms with Crippen LogP contribution in [0.2, 0.25) is 0 Å². The van der Waals surface area contributed by atoms with E-state index in [2.05, 4.69) is 21.8 Å². The van der Waals surface area contributed by atoms with E-state index in [1.54, 1.807) is 6.07 Å². The minimum Gasteiger partial charge on any atom is -0.341 e. The first-order valence-corrected chi connectivity index (χ1v) is 8.09. The van der Waals surface area contributed by atoms with Crippen LogP contribution >= 0.6 is 0 Å². The molecule has 0 amide bonds. The first-order chi connectivity index (χ1) is 11.6. The predicted octanol–water partition coefficient (Wildman–Crippen LogP) is 4.42. The van der Waals surface area contributed by atoms with Crippen LogP contribution in [0, 0.1) is 17.6 Å². The molecule has 3 aromatic rings. The van der Waals surface area contributed by atoms with Crippen molar-refractivity contribution in [3.8, 4) is 11.3 Å². The maximum atomic E-state index is 14.3. The van der Waals surface area contributed by atoms with Gasteiger partial charge in [-0.2, -0.15) is 0 Å². The Morgan fingerprint density at radius 1 is 1.04 bits per heavy atom. The molecule has 1 saturated heterocycles. The molecule has 2 aromatic carbocycles. The lowest BCUT2D eigenvalue weighted by molar-refractivity contribution is 0.511. The average Bonchev–Trinajstić information content (AvgIpc) is 3.03. The Hall–Kier alpha value is -2.56. The van der Waals surface area contributed by atoms with Gasteiger partial charge in [-0.05, 0) is 30.5 Å². The van der Waals surface area contributed by atoms with Crippen LogP contribution in [-0.4, -0.2) is 23.1 Å². The lowest BCUT2D eigenvalue weighted by atomic mass is 10.1. The fourth-order valence-corrected chi connectivity index (χ4v) is 3.21. The fourth-order valence-electron chi connectivity index (χ4n) is 3.21. The summed E-state index contributed by atoms with van der Waals surface area (Å²) in [4.78, 5) is 11.3. The van der Waals surface area contributed by atoms with E-state index >= 15 is 0 Å². The lowest BCUT2D eigenvalue weighted by Crippen LogP contribution is -2.22. The average molecular weight is 325 g/mol. The van der Waals surface area contributed by atoms with E-state index in [4.69, 9.17) is 0 Å². The molecule has 122 valence electrons. The molecule has 1 aliphatic rings. The van der Waals surface area contributed by atoms with E-state index in [0.29, 0.717) is 17.6 Å². The minimum atomic E-state index is -0.873. The van der Waals surface area contributed by atoms with Gasteiger partial charge in [0.05, 0.1) is 11.2 Å². The van der Waals surface area contributed by atoms with Gasteiger partial charge >= 0.3 is 0 Å². The van der Waals surface area contributed by atoms with Crippen LogP contribution in [0.15, 0.2) is 42.5 Å². The number of hydrogen-bond donors (Lipinski definition) is 0. The van der Waals surface area contributed by atoms with Crippen LogP contribution in [0.1, 0.15) is 13.3 Å². The van der Waals surface area contributed by atoms with Gasteiger partial charge < -0.3 is 4.90 Å². The lowest BCUT2D eigenvalue weighted by Gasteiger charge is -2.18. The molecule has 1 atom stereocenters. The molecule has 0 N–H and O–H groups in total. The highest BCUT2D eigenvalue weighted by atomic mass is 19.2. The van der Waals surface area contributed by atoms with E-state index in [0.717, 1.165) is 36.5 Å². The first-order valence-electron chi connectivity index (χ1n) is 8.09. The Kier molecular flexibility index (Phi) is 3.63. The van der Waals surface area contributed by atoms with Gasteiger partial charge in [-0.3, -0.25) is 0 Å². The van der Waals surface area contributed by atoms with Gasteiger partial charge in [-0.15, -0.1) is 0 Å². The van der Waals surface area contributed by atoms with Crippen LogP contribution in [-0.2, 0) is 0 Å². The van der Waals surface area contributed by atoms with Crippen molar-refractivity contribution in [1.82, 2.24) is 9.97 Å². The van der Waals surface area contributed by atoms with Crippen molar-refractivity contribution in [2.75, 3.05) is 18.0 Å². The minimum absolute atomic E-state index is 0.169. The third-order valence-electron chi connectivity index (χ3n) is 4.50. The van der Waals surface area contributed by atoms with E-state index in [-0.39, 0.29) is 5.56 Å². The number of aromatic nitrogens is 2. The van der Waals surface area contributed by atoms with E-state index in [1.165, 1.54) is 6.07 Å². The van der Waals surface area contributed by atoms with Crippen molar-refractivity contribution >= 4 is 16.9 Å². The molecule has 0 saturated carbocycles. The summed E-state index contributed by atoms with van der Waals surface area (Å²) in [6, 6.07) is 11.6. The largest absolute Gasteiger partial charge is 0.341 e. The zero-order valence-electron chi connectivity index (χ0n) is 13.3. The third kappa shape index (κ3) is 2.50. The van der Waals surface area contributed by atoms with Gasteiger partial charge in [0.1, 0.15) is 0 Å². The molecule has 24 heavy (non-hydrogen) atoms. The molecular weight excluding hydrogens is 308 g/mol. The third-order valence-corrected chi connectivity index (χ3v) is 4.50. The van der Waals surface area contributed by atoms with Gasteiger partial charge in [-0.25, -0.2) is 18.7 Å². The fraction of sp³-hybridized carbons (Fsp3) is 0.263. The van der Waals surface area contributed by atoms with Crippen LogP contribution in [0.5, 0.6) is 0 Å². The number of hydrogen-bond acceptors (Lipinski definition) is 3. The number of rotatable bonds is 2. The molecule has 5 heteroatoms. The predicted molar refractivity (Wildman–Crippen MR) is 90.9 cm³/mol. The summed E-state index contributed by atoms with van der Waals surface area (Å²) in [5.41, 5.74) is 1.34. The summed E-state index contributed by atoms with van der Waals surface area (Å²) in [6.07, 6.45) is 1.08. The molecule has 1 fully saturated rings. The topological polar surface area (TPSA) is 29.0 Å². The van der Waals surface area contributed by atoms with E-state index in [1.807, 2.05) is 24.3 Å². The maximum Gasteiger partial charge on any atom is 0.226 e. The highest BCUT2D eigenvalue weighted by molar-refractivity contribution is 5.93. The second-order valence-electron chi connectivity index (χ2n) is 6.33. The van der Waals surface area contributed by atoms with E-state index < -0.39 is 11.6 Å². The second-order valence-corrected chi connectivity index (χ2v) is 6.33. The smallest absolute Gasteiger partial charge is 0.226 e. The zero-order chi connectivity index (χ0) is 16.7. The SMILES string of the molecule is CC1CCN(c2nc(-c3cccc(F)c3F)c3ccccc3n2)C1. The number of para-hydroxylation sites is 1. The van der Waals surface area contributed by atoms with Crippen LogP contribution in [0.25, 0.3) is 22.2 Å². The summed E-state index contributed by atoms with van der Waals surface area (Å²) in [5.74, 6) is -0.584. The summed E-state index contributed by atoms with van der Waals surface area (Å²) in [7, 11) is 0. The van der Waals surface area contributed by atoms with Gasteiger partial charge in [0, 0.05) is 24.0 Å². The number of anilines is 1. The summed E-state index contributed by atoms with van der Waals surface area (Å²) in [5, 5.41) is 0.720.